The minimum atomic E-state index is -1.06. The van der Waals surface area contributed by atoms with Crippen LogP contribution in [0.5, 0.6) is 0 Å². The Morgan fingerprint density at radius 1 is 1.43 bits per heavy atom. The number of nitrogens with zero attached hydrogens (tertiary/aromatic N) is 2. The minimum Gasteiger partial charge on any atom is -0.378 e. The molecule has 0 bridgehead atoms. The zero-order valence-corrected chi connectivity index (χ0v) is 13.3. The Hall–Kier alpha value is -2.11. The highest BCUT2D eigenvalue weighted by Crippen LogP contribution is 2.22. The SMILES string of the molecule is CC[C@@](NC(=O)c1cc(N(C)C)ccn1)(C(N)=O)C(C)C. The molecule has 1 aromatic rings. The molecule has 1 atom stereocenters. The number of hydrogen-bond donors (Lipinski definition) is 2. The van der Waals surface area contributed by atoms with Crippen LogP contribution in [0.1, 0.15) is 37.7 Å². The summed E-state index contributed by atoms with van der Waals surface area (Å²) in [4.78, 5) is 30.2. The highest BCUT2D eigenvalue weighted by molar-refractivity contribution is 5.98. The lowest BCUT2D eigenvalue weighted by molar-refractivity contribution is -0.126. The maximum Gasteiger partial charge on any atom is 0.270 e. The third-order valence-electron chi connectivity index (χ3n) is 3.81. The number of rotatable bonds is 6. The van der Waals surface area contributed by atoms with E-state index in [1.807, 2.05) is 39.8 Å². The van der Waals surface area contributed by atoms with E-state index < -0.39 is 17.4 Å². The minimum absolute atomic E-state index is 0.110. The predicted octanol–water partition coefficient (Wildman–Crippen LogP) is 1.17. The standard InChI is InChI=1S/C15H24N4O2/c1-6-15(10(2)3,14(16)21)18-13(20)12-9-11(19(4)5)7-8-17-12/h7-10H,6H2,1-5H3,(H2,16,21)(H,18,20)/t15-/m0/s1. The highest BCUT2D eigenvalue weighted by atomic mass is 16.2. The van der Waals surface area contributed by atoms with Gasteiger partial charge in [-0.25, -0.2) is 0 Å². The monoisotopic (exact) mass is 292 g/mol. The summed E-state index contributed by atoms with van der Waals surface area (Å²) in [6.07, 6.45) is 2.00. The number of anilines is 1. The zero-order valence-electron chi connectivity index (χ0n) is 13.3. The van der Waals surface area contributed by atoms with Crippen molar-refractivity contribution in [1.82, 2.24) is 10.3 Å². The number of pyridine rings is 1. The number of amides is 2. The quantitative estimate of drug-likeness (QED) is 0.823. The molecule has 0 spiro atoms. The smallest absolute Gasteiger partial charge is 0.270 e. The Bertz CT molecular complexity index is 528. The molecule has 0 saturated heterocycles. The van der Waals surface area contributed by atoms with Crippen LogP contribution >= 0.6 is 0 Å². The Labute approximate surface area is 125 Å². The molecule has 1 rings (SSSR count). The highest BCUT2D eigenvalue weighted by Gasteiger charge is 2.40. The van der Waals surface area contributed by atoms with Gasteiger partial charge in [-0.2, -0.15) is 0 Å². The van der Waals surface area contributed by atoms with Gasteiger partial charge in [0, 0.05) is 26.0 Å². The maximum absolute atomic E-state index is 12.4. The Balaban J connectivity index is 3.08. The van der Waals surface area contributed by atoms with Crippen molar-refractivity contribution in [3.8, 4) is 0 Å². The van der Waals surface area contributed by atoms with Gasteiger partial charge in [0.15, 0.2) is 0 Å². The maximum atomic E-state index is 12.4. The lowest BCUT2D eigenvalue weighted by Gasteiger charge is -2.34. The number of aromatic nitrogens is 1. The van der Waals surface area contributed by atoms with Gasteiger partial charge in [0.25, 0.3) is 5.91 Å². The molecular weight excluding hydrogens is 268 g/mol. The fourth-order valence-electron chi connectivity index (χ4n) is 2.25. The lowest BCUT2D eigenvalue weighted by atomic mass is 9.83. The molecule has 1 heterocycles. The third-order valence-corrected chi connectivity index (χ3v) is 3.81. The molecule has 0 aliphatic heterocycles. The van der Waals surface area contributed by atoms with E-state index >= 15 is 0 Å². The van der Waals surface area contributed by atoms with Gasteiger partial charge < -0.3 is 16.0 Å². The van der Waals surface area contributed by atoms with Gasteiger partial charge in [-0.3, -0.25) is 14.6 Å². The molecule has 0 radical (unpaired) electrons. The van der Waals surface area contributed by atoms with Crippen molar-refractivity contribution in [3.63, 3.8) is 0 Å². The molecule has 1 aromatic heterocycles. The Morgan fingerprint density at radius 2 is 2.05 bits per heavy atom. The van der Waals surface area contributed by atoms with Gasteiger partial charge >= 0.3 is 0 Å². The van der Waals surface area contributed by atoms with E-state index in [4.69, 9.17) is 5.73 Å². The van der Waals surface area contributed by atoms with Crippen molar-refractivity contribution < 1.29 is 9.59 Å². The molecule has 0 unspecified atom stereocenters. The lowest BCUT2D eigenvalue weighted by Crippen LogP contribution is -2.60. The van der Waals surface area contributed by atoms with E-state index in [1.54, 1.807) is 18.3 Å². The first-order valence-corrected chi connectivity index (χ1v) is 7.00. The van der Waals surface area contributed by atoms with Gasteiger partial charge in [0.2, 0.25) is 5.91 Å². The average molecular weight is 292 g/mol. The van der Waals surface area contributed by atoms with Crippen LogP contribution in [0.3, 0.4) is 0 Å². The number of primary amides is 1. The molecule has 0 fully saturated rings. The Kier molecular flexibility index (Phi) is 5.29. The number of nitrogens with one attached hydrogen (secondary N) is 1. The van der Waals surface area contributed by atoms with Gasteiger partial charge in [-0.15, -0.1) is 0 Å². The van der Waals surface area contributed by atoms with Crippen LogP contribution in [0.25, 0.3) is 0 Å². The van der Waals surface area contributed by atoms with Crippen LogP contribution in [-0.4, -0.2) is 36.4 Å². The van der Waals surface area contributed by atoms with Gasteiger partial charge in [-0.05, 0) is 24.5 Å². The van der Waals surface area contributed by atoms with Crippen molar-refractivity contribution in [2.45, 2.75) is 32.7 Å². The van der Waals surface area contributed by atoms with Gasteiger partial charge in [-0.1, -0.05) is 20.8 Å². The largest absolute Gasteiger partial charge is 0.378 e. The molecule has 116 valence electrons. The second-order valence-electron chi connectivity index (χ2n) is 5.59. The molecule has 2 amide bonds. The number of nitrogens with two attached hydrogens (primary N) is 1. The summed E-state index contributed by atoms with van der Waals surface area (Å²) < 4.78 is 0. The second-order valence-corrected chi connectivity index (χ2v) is 5.59. The molecule has 0 aliphatic rings. The summed E-state index contributed by atoms with van der Waals surface area (Å²) in [5.41, 5.74) is 5.57. The fraction of sp³-hybridized carbons (Fsp3) is 0.533. The summed E-state index contributed by atoms with van der Waals surface area (Å²) >= 11 is 0. The first-order chi connectivity index (χ1) is 9.74. The topological polar surface area (TPSA) is 88.3 Å². The number of carbonyl (C=O) groups is 2. The third kappa shape index (κ3) is 3.51. The van der Waals surface area contributed by atoms with E-state index in [-0.39, 0.29) is 11.6 Å². The summed E-state index contributed by atoms with van der Waals surface area (Å²) in [7, 11) is 3.76. The predicted molar refractivity (Wildman–Crippen MR) is 83.1 cm³/mol. The van der Waals surface area contributed by atoms with Crippen molar-refractivity contribution in [2.75, 3.05) is 19.0 Å². The molecule has 0 saturated carbocycles. The summed E-state index contributed by atoms with van der Waals surface area (Å²) in [5, 5.41) is 2.77. The van der Waals surface area contributed by atoms with E-state index in [9.17, 15) is 9.59 Å². The van der Waals surface area contributed by atoms with Crippen LogP contribution in [0.15, 0.2) is 18.3 Å². The summed E-state index contributed by atoms with van der Waals surface area (Å²) in [6, 6.07) is 3.48. The van der Waals surface area contributed by atoms with Crippen molar-refractivity contribution >= 4 is 17.5 Å². The van der Waals surface area contributed by atoms with E-state index in [0.29, 0.717) is 6.42 Å². The second kappa shape index (κ2) is 6.56. The summed E-state index contributed by atoms with van der Waals surface area (Å²) in [6.45, 7) is 5.55. The molecule has 6 nitrogen and oxygen atoms in total. The molecule has 6 heteroatoms. The number of hydrogen-bond acceptors (Lipinski definition) is 4. The molecule has 21 heavy (non-hydrogen) atoms. The van der Waals surface area contributed by atoms with E-state index in [0.717, 1.165) is 5.69 Å². The van der Waals surface area contributed by atoms with E-state index in [2.05, 4.69) is 10.3 Å². The van der Waals surface area contributed by atoms with Crippen LogP contribution in [0, 0.1) is 5.92 Å². The fourth-order valence-corrected chi connectivity index (χ4v) is 2.25. The zero-order chi connectivity index (χ0) is 16.2. The van der Waals surface area contributed by atoms with Crippen LogP contribution in [-0.2, 0) is 4.79 Å². The Morgan fingerprint density at radius 3 is 2.48 bits per heavy atom. The average Bonchev–Trinajstić information content (AvgIpc) is 2.43. The van der Waals surface area contributed by atoms with E-state index in [1.165, 1.54) is 0 Å². The normalized spacial score (nSPS) is 13.6. The first kappa shape index (κ1) is 16.9. The summed E-state index contributed by atoms with van der Waals surface area (Å²) in [5.74, 6) is -1.04. The molecular formula is C15H24N4O2. The van der Waals surface area contributed by atoms with Crippen molar-refractivity contribution in [3.05, 3.63) is 24.0 Å². The van der Waals surface area contributed by atoms with Crippen LogP contribution < -0.4 is 16.0 Å². The molecule has 0 aromatic carbocycles. The number of carbonyl (C=O) groups excluding carboxylic acids is 2. The first-order valence-electron chi connectivity index (χ1n) is 7.00. The molecule has 0 aliphatic carbocycles. The van der Waals surface area contributed by atoms with Gasteiger partial charge in [0.05, 0.1) is 0 Å². The molecule has 3 N–H and O–H groups in total. The van der Waals surface area contributed by atoms with Crippen LogP contribution in [0.4, 0.5) is 5.69 Å². The van der Waals surface area contributed by atoms with Crippen LogP contribution in [0.2, 0.25) is 0 Å². The van der Waals surface area contributed by atoms with Gasteiger partial charge in [0.1, 0.15) is 11.2 Å². The van der Waals surface area contributed by atoms with Crippen molar-refractivity contribution in [2.24, 2.45) is 11.7 Å². The van der Waals surface area contributed by atoms with Crippen molar-refractivity contribution in [1.29, 1.82) is 0 Å².